The number of nitrogens with one attached hydrogen (secondary N) is 1. The number of piperidine rings is 1. The maximum atomic E-state index is 13.0. The number of methoxy groups -OCH3 is 1. The van der Waals surface area contributed by atoms with Gasteiger partial charge in [-0.15, -0.1) is 0 Å². The first kappa shape index (κ1) is 17.9. The molecule has 0 radical (unpaired) electrons. The molecule has 4 heterocycles. The second-order valence-corrected chi connectivity index (χ2v) is 7.50. The van der Waals surface area contributed by atoms with Gasteiger partial charge in [-0.1, -0.05) is 12.1 Å². The van der Waals surface area contributed by atoms with Crippen molar-refractivity contribution in [3.8, 4) is 11.4 Å². The van der Waals surface area contributed by atoms with Crippen molar-refractivity contribution in [1.82, 2.24) is 24.9 Å². The number of likely N-dealkylation sites (tertiary alicyclic amines) is 1. The van der Waals surface area contributed by atoms with E-state index in [1.54, 1.807) is 24.2 Å². The molecule has 0 saturated carbocycles. The number of benzene rings is 1. The van der Waals surface area contributed by atoms with Crippen molar-refractivity contribution >= 4 is 5.91 Å². The Kier molecular flexibility index (Phi) is 4.35. The van der Waals surface area contributed by atoms with Crippen LogP contribution in [0.4, 0.5) is 0 Å². The molecule has 2 aromatic heterocycles. The molecule has 0 atom stereocenters. The van der Waals surface area contributed by atoms with Crippen LogP contribution in [-0.2, 0) is 16.8 Å². The molecule has 8 nitrogen and oxygen atoms in total. The van der Waals surface area contributed by atoms with Crippen LogP contribution in [0.1, 0.15) is 34.5 Å². The summed E-state index contributed by atoms with van der Waals surface area (Å²) in [5.74, 6) is 0.695. The van der Waals surface area contributed by atoms with Gasteiger partial charge >= 0.3 is 0 Å². The highest BCUT2D eigenvalue weighted by Crippen LogP contribution is 2.40. The molecule has 1 N–H and O–H groups in total. The Hall–Kier alpha value is -3.13. The third-order valence-electron chi connectivity index (χ3n) is 5.94. The van der Waals surface area contributed by atoms with Crippen LogP contribution in [0, 0.1) is 0 Å². The number of carbonyl (C=O) groups excluding carboxylic acids is 1. The molecule has 0 bridgehead atoms. The number of carbonyl (C=O) groups is 1. The van der Waals surface area contributed by atoms with Gasteiger partial charge in [-0.2, -0.15) is 10.2 Å². The largest absolute Gasteiger partial charge is 0.494 e. The molecule has 1 spiro atoms. The first-order valence-corrected chi connectivity index (χ1v) is 9.84. The van der Waals surface area contributed by atoms with Gasteiger partial charge in [-0.3, -0.25) is 9.89 Å². The molecule has 0 aliphatic carbocycles. The molecule has 5 rings (SSSR count). The van der Waals surface area contributed by atoms with Crippen molar-refractivity contribution < 1.29 is 14.3 Å². The number of hydrogen-bond donors (Lipinski definition) is 1. The highest BCUT2D eigenvalue weighted by atomic mass is 16.5. The van der Waals surface area contributed by atoms with Gasteiger partial charge in [0.15, 0.2) is 0 Å². The van der Waals surface area contributed by atoms with Crippen LogP contribution in [0.25, 0.3) is 5.69 Å². The second-order valence-electron chi connectivity index (χ2n) is 7.50. The molecule has 3 aromatic rings. The summed E-state index contributed by atoms with van der Waals surface area (Å²) in [5.41, 5.74) is 3.34. The van der Waals surface area contributed by atoms with E-state index in [-0.39, 0.29) is 11.5 Å². The molecule has 150 valence electrons. The van der Waals surface area contributed by atoms with E-state index in [4.69, 9.17) is 9.47 Å². The summed E-state index contributed by atoms with van der Waals surface area (Å²) in [5, 5.41) is 11.7. The first-order valence-electron chi connectivity index (χ1n) is 9.84. The number of amides is 1. The van der Waals surface area contributed by atoms with Gasteiger partial charge in [-0.25, -0.2) is 4.68 Å². The average Bonchev–Trinajstić information content (AvgIpc) is 3.44. The van der Waals surface area contributed by atoms with E-state index in [2.05, 4.69) is 15.3 Å². The minimum Gasteiger partial charge on any atom is -0.494 e. The van der Waals surface area contributed by atoms with E-state index >= 15 is 0 Å². The van der Waals surface area contributed by atoms with Gasteiger partial charge in [-0.05, 0) is 37.0 Å². The lowest BCUT2D eigenvalue weighted by Gasteiger charge is -2.43. The molecule has 29 heavy (non-hydrogen) atoms. The predicted octanol–water partition coefficient (Wildman–Crippen LogP) is 2.31. The fraction of sp³-hybridized carbons (Fsp3) is 0.381. The summed E-state index contributed by atoms with van der Waals surface area (Å²) < 4.78 is 13.2. The number of H-pyrrole nitrogens is 1. The molecular weight excluding hydrogens is 370 g/mol. The summed E-state index contributed by atoms with van der Waals surface area (Å²) in [4.78, 5) is 14.9. The molecule has 2 aliphatic rings. The Balaban J connectivity index is 1.32. The SMILES string of the molecule is COc1ccccc1-n1cc(C(=O)N2CCC3(CC2)OCCc2cn[nH]c23)cn1. The zero-order chi connectivity index (χ0) is 19.8. The quantitative estimate of drug-likeness (QED) is 0.738. The van der Waals surface area contributed by atoms with E-state index < -0.39 is 0 Å². The summed E-state index contributed by atoms with van der Waals surface area (Å²) in [7, 11) is 1.62. The van der Waals surface area contributed by atoms with Crippen LogP contribution in [-0.4, -0.2) is 57.6 Å². The zero-order valence-corrected chi connectivity index (χ0v) is 16.3. The van der Waals surface area contributed by atoms with Crippen LogP contribution < -0.4 is 4.74 Å². The van der Waals surface area contributed by atoms with Gasteiger partial charge in [0.25, 0.3) is 5.91 Å². The van der Waals surface area contributed by atoms with Gasteiger partial charge < -0.3 is 14.4 Å². The third kappa shape index (κ3) is 3.00. The smallest absolute Gasteiger partial charge is 0.257 e. The lowest BCUT2D eigenvalue weighted by atomic mass is 9.83. The average molecular weight is 393 g/mol. The number of rotatable bonds is 3. The second kappa shape index (κ2) is 7.04. The van der Waals surface area contributed by atoms with E-state index in [1.165, 1.54) is 5.56 Å². The lowest BCUT2D eigenvalue weighted by molar-refractivity contribution is -0.0962. The summed E-state index contributed by atoms with van der Waals surface area (Å²) >= 11 is 0. The molecule has 8 heteroatoms. The van der Waals surface area contributed by atoms with Gasteiger partial charge in [0.05, 0.1) is 37.4 Å². The van der Waals surface area contributed by atoms with Crippen molar-refractivity contribution in [3.63, 3.8) is 0 Å². The standard InChI is InChI=1S/C21H23N5O3/c1-28-18-5-3-2-4-17(18)26-14-16(13-23-26)20(27)25-9-7-21(8-10-25)19-15(6-11-29-21)12-22-24-19/h2-5,12-14H,6-11H2,1H3,(H,22,24). The monoisotopic (exact) mass is 393 g/mol. The molecular formula is C21H23N5O3. The number of aromatic nitrogens is 4. The fourth-order valence-electron chi connectivity index (χ4n) is 4.36. The maximum Gasteiger partial charge on any atom is 0.257 e. The topological polar surface area (TPSA) is 85.3 Å². The Labute approximate surface area is 168 Å². The maximum absolute atomic E-state index is 13.0. The first-order chi connectivity index (χ1) is 14.2. The number of ether oxygens (including phenoxy) is 2. The number of fused-ring (bicyclic) bond motifs is 2. The molecule has 1 aromatic carbocycles. The van der Waals surface area contributed by atoms with E-state index in [0.717, 1.165) is 30.6 Å². The highest BCUT2D eigenvalue weighted by molar-refractivity contribution is 5.94. The van der Waals surface area contributed by atoms with Crippen LogP contribution in [0.15, 0.2) is 42.9 Å². The number of aromatic amines is 1. The van der Waals surface area contributed by atoms with E-state index in [9.17, 15) is 4.79 Å². The molecule has 1 saturated heterocycles. The van der Waals surface area contributed by atoms with Gasteiger partial charge in [0.2, 0.25) is 0 Å². The van der Waals surface area contributed by atoms with E-state index in [1.807, 2.05) is 35.4 Å². The Bertz CT molecular complexity index is 1030. The minimum atomic E-state index is -0.345. The predicted molar refractivity (Wildman–Crippen MR) is 105 cm³/mol. The molecule has 1 fully saturated rings. The van der Waals surface area contributed by atoms with Crippen molar-refractivity contribution in [3.05, 3.63) is 59.7 Å². The number of nitrogens with zero attached hydrogens (tertiary/aromatic N) is 4. The normalized spacial score (nSPS) is 17.9. The summed E-state index contributed by atoms with van der Waals surface area (Å²) in [6, 6.07) is 7.60. The van der Waals surface area contributed by atoms with Crippen molar-refractivity contribution in [2.24, 2.45) is 0 Å². The fourth-order valence-corrected chi connectivity index (χ4v) is 4.36. The Morgan fingerprint density at radius 3 is 2.90 bits per heavy atom. The molecule has 2 aliphatic heterocycles. The molecule has 1 amide bonds. The highest BCUT2D eigenvalue weighted by Gasteiger charge is 2.43. The van der Waals surface area contributed by atoms with E-state index in [0.29, 0.717) is 31.0 Å². The van der Waals surface area contributed by atoms with Crippen LogP contribution in [0.2, 0.25) is 0 Å². The zero-order valence-electron chi connectivity index (χ0n) is 16.3. The summed E-state index contributed by atoms with van der Waals surface area (Å²) in [6.07, 6.45) is 7.67. The van der Waals surface area contributed by atoms with Crippen molar-refractivity contribution in [2.45, 2.75) is 24.9 Å². The number of hydrogen-bond acceptors (Lipinski definition) is 5. The van der Waals surface area contributed by atoms with Gasteiger partial charge in [0, 0.05) is 19.3 Å². The van der Waals surface area contributed by atoms with Crippen molar-refractivity contribution in [1.29, 1.82) is 0 Å². The minimum absolute atomic E-state index is 0.0124. The summed E-state index contributed by atoms with van der Waals surface area (Å²) in [6.45, 7) is 1.97. The van der Waals surface area contributed by atoms with Gasteiger partial charge in [0.1, 0.15) is 17.0 Å². The molecule has 0 unspecified atom stereocenters. The Morgan fingerprint density at radius 2 is 2.07 bits per heavy atom. The lowest BCUT2D eigenvalue weighted by Crippen LogP contribution is -2.48. The van der Waals surface area contributed by atoms with Crippen LogP contribution in [0.3, 0.4) is 0 Å². The Morgan fingerprint density at radius 1 is 1.24 bits per heavy atom. The third-order valence-corrected chi connectivity index (χ3v) is 5.94. The number of para-hydroxylation sites is 2. The van der Waals surface area contributed by atoms with Crippen LogP contribution in [0.5, 0.6) is 5.75 Å². The van der Waals surface area contributed by atoms with Crippen molar-refractivity contribution in [2.75, 3.05) is 26.8 Å². The van der Waals surface area contributed by atoms with Crippen LogP contribution >= 0.6 is 0 Å².